The summed E-state index contributed by atoms with van der Waals surface area (Å²) in [4.78, 5) is 12.3. The summed E-state index contributed by atoms with van der Waals surface area (Å²) in [5, 5.41) is 2.80. The van der Waals surface area contributed by atoms with Crippen molar-refractivity contribution in [3.05, 3.63) is 23.8 Å². The number of sulfonamides is 1. The molecule has 2 aliphatic heterocycles. The van der Waals surface area contributed by atoms with Gasteiger partial charge in [0.05, 0.1) is 5.25 Å². The van der Waals surface area contributed by atoms with E-state index in [0.717, 1.165) is 25.7 Å². The molecule has 1 amide bonds. The second kappa shape index (κ2) is 6.49. The maximum absolute atomic E-state index is 12.3. The van der Waals surface area contributed by atoms with Crippen LogP contribution in [0.25, 0.3) is 0 Å². The zero-order valence-corrected chi connectivity index (χ0v) is 14.8. The molecule has 7 nitrogen and oxygen atoms in total. The molecule has 136 valence electrons. The number of hydrogen-bond donors (Lipinski definition) is 1. The summed E-state index contributed by atoms with van der Waals surface area (Å²) in [7, 11) is -3.07. The van der Waals surface area contributed by atoms with Crippen LogP contribution in [-0.2, 0) is 10.0 Å². The highest BCUT2D eigenvalue weighted by atomic mass is 32.2. The molecule has 1 aromatic rings. The molecule has 0 radical (unpaired) electrons. The van der Waals surface area contributed by atoms with Gasteiger partial charge in [-0.25, -0.2) is 12.7 Å². The molecule has 0 bridgehead atoms. The second-order valence-electron chi connectivity index (χ2n) is 6.86. The van der Waals surface area contributed by atoms with Crippen LogP contribution < -0.4 is 14.8 Å². The summed E-state index contributed by atoms with van der Waals surface area (Å²) >= 11 is 0. The molecule has 2 heterocycles. The van der Waals surface area contributed by atoms with Gasteiger partial charge < -0.3 is 14.8 Å². The van der Waals surface area contributed by atoms with Crippen molar-refractivity contribution >= 4 is 15.9 Å². The smallest absolute Gasteiger partial charge is 0.251 e. The molecule has 8 heteroatoms. The third-order valence-corrected chi connectivity index (χ3v) is 7.46. The Morgan fingerprint density at radius 1 is 1.12 bits per heavy atom. The molecule has 0 unspecified atom stereocenters. The summed E-state index contributed by atoms with van der Waals surface area (Å²) in [5.74, 6) is 1.40. The van der Waals surface area contributed by atoms with Crippen LogP contribution in [0, 0.1) is 5.92 Å². The van der Waals surface area contributed by atoms with Crippen LogP contribution in [0.4, 0.5) is 0 Å². The van der Waals surface area contributed by atoms with E-state index in [2.05, 4.69) is 5.32 Å². The third kappa shape index (κ3) is 3.46. The molecule has 1 N–H and O–H groups in total. The van der Waals surface area contributed by atoms with Gasteiger partial charge in [-0.15, -0.1) is 0 Å². The van der Waals surface area contributed by atoms with E-state index >= 15 is 0 Å². The molecule has 4 rings (SSSR count). The Bertz CT molecular complexity index is 767. The van der Waals surface area contributed by atoms with E-state index in [4.69, 9.17) is 9.47 Å². The third-order valence-electron chi connectivity index (χ3n) is 5.07. The fourth-order valence-electron chi connectivity index (χ4n) is 3.32. The van der Waals surface area contributed by atoms with E-state index in [9.17, 15) is 13.2 Å². The van der Waals surface area contributed by atoms with Crippen molar-refractivity contribution in [3.63, 3.8) is 0 Å². The minimum absolute atomic E-state index is 0.144. The molecular formula is C17H22N2O5S. The lowest BCUT2D eigenvalue weighted by Gasteiger charge is -2.31. The van der Waals surface area contributed by atoms with E-state index in [1.54, 1.807) is 22.5 Å². The maximum Gasteiger partial charge on any atom is 0.251 e. The van der Waals surface area contributed by atoms with Gasteiger partial charge in [-0.05, 0) is 49.8 Å². The molecule has 1 saturated heterocycles. The molecule has 0 spiro atoms. The number of piperidine rings is 1. The first-order chi connectivity index (χ1) is 12.0. The van der Waals surface area contributed by atoms with Crippen molar-refractivity contribution in [1.82, 2.24) is 9.62 Å². The summed E-state index contributed by atoms with van der Waals surface area (Å²) in [6.45, 7) is 1.86. The van der Waals surface area contributed by atoms with E-state index in [-0.39, 0.29) is 18.0 Å². The van der Waals surface area contributed by atoms with Crippen molar-refractivity contribution in [1.29, 1.82) is 0 Å². The number of carbonyl (C=O) groups excluding carboxylic acids is 1. The molecule has 1 saturated carbocycles. The number of hydrogen-bond acceptors (Lipinski definition) is 5. The Labute approximate surface area is 147 Å². The van der Waals surface area contributed by atoms with Crippen LogP contribution in [0.3, 0.4) is 0 Å². The molecule has 1 aliphatic carbocycles. The first-order valence-corrected chi connectivity index (χ1v) is 10.2. The van der Waals surface area contributed by atoms with Crippen LogP contribution in [0.15, 0.2) is 18.2 Å². The highest BCUT2D eigenvalue weighted by molar-refractivity contribution is 7.90. The molecule has 0 aromatic heterocycles. The normalized spacial score (nSPS) is 21.3. The quantitative estimate of drug-likeness (QED) is 0.850. The second-order valence-corrected chi connectivity index (χ2v) is 9.08. The van der Waals surface area contributed by atoms with E-state index < -0.39 is 10.0 Å². The summed E-state index contributed by atoms with van der Waals surface area (Å²) < 4.78 is 36.6. The predicted molar refractivity (Wildman–Crippen MR) is 91.1 cm³/mol. The molecule has 3 aliphatic rings. The Hall–Kier alpha value is -1.80. The van der Waals surface area contributed by atoms with Gasteiger partial charge in [0.2, 0.25) is 16.8 Å². The summed E-state index contributed by atoms with van der Waals surface area (Å²) in [6, 6.07) is 5.13. The fourth-order valence-corrected chi connectivity index (χ4v) is 5.19. The van der Waals surface area contributed by atoms with Gasteiger partial charge in [0.25, 0.3) is 5.91 Å². The Kier molecular flexibility index (Phi) is 4.33. The van der Waals surface area contributed by atoms with Crippen molar-refractivity contribution in [2.45, 2.75) is 30.9 Å². The van der Waals surface area contributed by atoms with Gasteiger partial charge in [-0.3, -0.25) is 4.79 Å². The predicted octanol–water partition coefficient (Wildman–Crippen LogP) is 1.35. The van der Waals surface area contributed by atoms with E-state index in [0.29, 0.717) is 42.6 Å². The Morgan fingerprint density at radius 3 is 2.56 bits per heavy atom. The van der Waals surface area contributed by atoms with Crippen molar-refractivity contribution in [3.8, 4) is 11.5 Å². The molecule has 1 aromatic carbocycles. The van der Waals surface area contributed by atoms with Gasteiger partial charge in [-0.1, -0.05) is 0 Å². The minimum Gasteiger partial charge on any atom is -0.454 e. The number of rotatable bonds is 5. The van der Waals surface area contributed by atoms with Crippen molar-refractivity contribution in [2.75, 3.05) is 26.4 Å². The number of fused-ring (bicyclic) bond motifs is 1. The Morgan fingerprint density at radius 2 is 1.84 bits per heavy atom. The first-order valence-electron chi connectivity index (χ1n) is 8.71. The molecule has 2 fully saturated rings. The number of ether oxygens (including phenoxy) is 2. The minimum atomic E-state index is -3.07. The van der Waals surface area contributed by atoms with E-state index in [1.165, 1.54) is 0 Å². The molecule has 0 atom stereocenters. The highest BCUT2D eigenvalue weighted by Gasteiger charge is 2.41. The number of nitrogens with one attached hydrogen (secondary N) is 1. The number of amides is 1. The summed E-state index contributed by atoms with van der Waals surface area (Å²) in [5.41, 5.74) is 0.540. The summed E-state index contributed by atoms with van der Waals surface area (Å²) in [6.07, 6.45) is 3.17. The van der Waals surface area contributed by atoms with Gasteiger partial charge in [0, 0.05) is 25.2 Å². The van der Waals surface area contributed by atoms with Crippen LogP contribution in [0.5, 0.6) is 11.5 Å². The lowest BCUT2D eigenvalue weighted by Crippen LogP contribution is -2.42. The Balaban J connectivity index is 1.27. The van der Waals surface area contributed by atoms with Gasteiger partial charge in [-0.2, -0.15) is 0 Å². The largest absolute Gasteiger partial charge is 0.454 e. The van der Waals surface area contributed by atoms with Crippen molar-refractivity contribution < 1.29 is 22.7 Å². The standard InChI is InChI=1S/C17H22N2O5S/c20-17(13-1-4-15-16(9-13)24-11-23-15)18-10-12-5-7-19(8-6-12)25(21,22)14-2-3-14/h1,4,9,12,14H,2-3,5-8,10-11H2,(H,18,20). The van der Waals surface area contributed by atoms with Gasteiger partial charge in [0.15, 0.2) is 11.5 Å². The topological polar surface area (TPSA) is 84.9 Å². The monoisotopic (exact) mass is 366 g/mol. The average molecular weight is 366 g/mol. The van der Waals surface area contributed by atoms with Crippen LogP contribution >= 0.6 is 0 Å². The highest BCUT2D eigenvalue weighted by Crippen LogP contribution is 2.33. The van der Waals surface area contributed by atoms with Gasteiger partial charge in [0.1, 0.15) is 0 Å². The lowest BCUT2D eigenvalue weighted by molar-refractivity contribution is 0.0941. The van der Waals surface area contributed by atoms with E-state index in [1.807, 2.05) is 0 Å². The molecular weight excluding hydrogens is 344 g/mol. The zero-order chi connectivity index (χ0) is 17.4. The number of benzene rings is 1. The number of carbonyl (C=O) groups is 1. The lowest BCUT2D eigenvalue weighted by atomic mass is 9.98. The SMILES string of the molecule is O=C(NCC1CCN(S(=O)(=O)C2CC2)CC1)c1ccc2c(c1)OCO2. The van der Waals surface area contributed by atoms with Crippen LogP contribution in [-0.4, -0.2) is 50.3 Å². The van der Waals surface area contributed by atoms with Crippen molar-refractivity contribution in [2.24, 2.45) is 5.92 Å². The van der Waals surface area contributed by atoms with Crippen LogP contribution in [0.1, 0.15) is 36.0 Å². The average Bonchev–Trinajstić information content (AvgIpc) is 3.39. The molecule has 25 heavy (non-hydrogen) atoms. The fraction of sp³-hybridized carbons (Fsp3) is 0.588. The first kappa shape index (κ1) is 16.7. The van der Waals surface area contributed by atoms with Gasteiger partial charge >= 0.3 is 0 Å². The maximum atomic E-state index is 12.3. The zero-order valence-electron chi connectivity index (χ0n) is 13.9. The number of nitrogens with zero attached hydrogens (tertiary/aromatic N) is 1. The van der Waals surface area contributed by atoms with Crippen LogP contribution in [0.2, 0.25) is 0 Å².